The summed E-state index contributed by atoms with van der Waals surface area (Å²) in [6.07, 6.45) is 0. The molecule has 0 aliphatic carbocycles. The minimum absolute atomic E-state index is 0.0551. The monoisotopic (exact) mass is 332 g/mol. The summed E-state index contributed by atoms with van der Waals surface area (Å²) >= 11 is 3.49. The molecule has 4 heteroatoms. The van der Waals surface area contributed by atoms with Gasteiger partial charge in [0, 0.05) is 29.3 Å². The average Bonchev–Trinajstić information content (AvgIpc) is 2.36. The lowest BCUT2D eigenvalue weighted by Crippen LogP contribution is -2.06. The van der Waals surface area contributed by atoms with Crippen LogP contribution in [0, 0.1) is 6.92 Å². The Kier molecular flexibility index (Phi) is 4.79. The molecular weight excluding hydrogens is 316 g/mol. The van der Waals surface area contributed by atoms with E-state index in [-0.39, 0.29) is 5.91 Å². The van der Waals surface area contributed by atoms with Crippen molar-refractivity contribution in [2.45, 2.75) is 20.4 Å². The number of benzene rings is 2. The SMILES string of the molecule is CC(=O)Nc1ccc(CNc2cc(C)cc(Br)c2)cc1. The third kappa shape index (κ3) is 4.38. The van der Waals surface area contributed by atoms with Crippen molar-refractivity contribution in [3.05, 3.63) is 58.1 Å². The maximum atomic E-state index is 10.9. The van der Waals surface area contributed by atoms with E-state index in [0.29, 0.717) is 0 Å². The molecule has 1 amide bonds. The minimum atomic E-state index is -0.0551. The highest BCUT2D eigenvalue weighted by molar-refractivity contribution is 9.10. The molecule has 0 saturated carbocycles. The summed E-state index contributed by atoms with van der Waals surface area (Å²) in [5, 5.41) is 6.14. The first kappa shape index (κ1) is 14.6. The summed E-state index contributed by atoms with van der Waals surface area (Å²) in [6.45, 7) is 4.32. The average molecular weight is 333 g/mol. The Bertz CT molecular complexity index is 588. The topological polar surface area (TPSA) is 41.1 Å². The van der Waals surface area contributed by atoms with E-state index in [1.807, 2.05) is 24.3 Å². The van der Waals surface area contributed by atoms with Gasteiger partial charge in [-0.25, -0.2) is 0 Å². The minimum Gasteiger partial charge on any atom is -0.381 e. The van der Waals surface area contributed by atoms with Gasteiger partial charge in [-0.2, -0.15) is 0 Å². The molecule has 0 saturated heterocycles. The van der Waals surface area contributed by atoms with Crippen molar-refractivity contribution >= 4 is 33.2 Å². The quantitative estimate of drug-likeness (QED) is 0.874. The van der Waals surface area contributed by atoms with Gasteiger partial charge in [0.25, 0.3) is 0 Å². The molecule has 2 N–H and O–H groups in total. The second-order valence-corrected chi connectivity index (χ2v) is 5.66. The van der Waals surface area contributed by atoms with Crippen LogP contribution in [-0.4, -0.2) is 5.91 Å². The molecule has 20 heavy (non-hydrogen) atoms. The highest BCUT2D eigenvalue weighted by Gasteiger charge is 1.99. The number of hydrogen-bond acceptors (Lipinski definition) is 2. The summed E-state index contributed by atoms with van der Waals surface area (Å²) in [5.41, 5.74) is 4.28. The van der Waals surface area contributed by atoms with Crippen molar-refractivity contribution in [1.29, 1.82) is 0 Å². The van der Waals surface area contributed by atoms with Crippen molar-refractivity contribution in [2.24, 2.45) is 0 Å². The Labute approximate surface area is 127 Å². The molecule has 0 spiro atoms. The molecule has 3 nitrogen and oxygen atoms in total. The lowest BCUT2D eigenvalue weighted by Gasteiger charge is -2.09. The molecule has 0 aromatic heterocycles. The first-order valence-electron chi connectivity index (χ1n) is 6.40. The molecule has 2 aromatic rings. The zero-order valence-corrected chi connectivity index (χ0v) is 13.1. The maximum absolute atomic E-state index is 10.9. The van der Waals surface area contributed by atoms with Crippen LogP contribution in [0.5, 0.6) is 0 Å². The van der Waals surface area contributed by atoms with Crippen LogP contribution < -0.4 is 10.6 Å². The Morgan fingerprint density at radius 3 is 2.40 bits per heavy atom. The molecule has 2 aromatic carbocycles. The third-order valence-electron chi connectivity index (χ3n) is 2.81. The fraction of sp³-hybridized carbons (Fsp3) is 0.188. The first-order chi connectivity index (χ1) is 9.52. The highest BCUT2D eigenvalue weighted by Crippen LogP contribution is 2.20. The zero-order chi connectivity index (χ0) is 14.5. The zero-order valence-electron chi connectivity index (χ0n) is 11.5. The Balaban J connectivity index is 1.98. The Morgan fingerprint density at radius 1 is 1.10 bits per heavy atom. The molecule has 0 aliphatic heterocycles. The van der Waals surface area contributed by atoms with E-state index >= 15 is 0 Å². The number of halogens is 1. The van der Waals surface area contributed by atoms with E-state index in [1.54, 1.807) is 0 Å². The number of carbonyl (C=O) groups excluding carboxylic acids is 1. The lowest BCUT2D eigenvalue weighted by atomic mass is 10.2. The van der Waals surface area contributed by atoms with E-state index in [1.165, 1.54) is 12.5 Å². The van der Waals surface area contributed by atoms with Gasteiger partial charge in [-0.1, -0.05) is 28.1 Å². The number of anilines is 2. The van der Waals surface area contributed by atoms with Crippen molar-refractivity contribution in [2.75, 3.05) is 10.6 Å². The van der Waals surface area contributed by atoms with E-state index in [9.17, 15) is 4.79 Å². The fourth-order valence-electron chi connectivity index (χ4n) is 1.95. The van der Waals surface area contributed by atoms with Crippen molar-refractivity contribution in [1.82, 2.24) is 0 Å². The molecule has 0 radical (unpaired) electrons. The van der Waals surface area contributed by atoms with Crippen LogP contribution in [0.2, 0.25) is 0 Å². The molecule has 2 rings (SSSR count). The van der Waals surface area contributed by atoms with Gasteiger partial charge in [-0.05, 0) is 48.4 Å². The molecular formula is C16H17BrN2O. The molecule has 0 bridgehead atoms. The molecule has 104 valence electrons. The van der Waals surface area contributed by atoms with Crippen LogP contribution in [0.3, 0.4) is 0 Å². The third-order valence-corrected chi connectivity index (χ3v) is 3.27. The standard InChI is InChI=1S/C16H17BrN2O/c1-11-7-14(17)9-16(8-11)18-10-13-3-5-15(6-4-13)19-12(2)20/h3-9,18H,10H2,1-2H3,(H,19,20). The second kappa shape index (κ2) is 6.57. The molecule has 0 aliphatic rings. The van der Waals surface area contributed by atoms with Gasteiger partial charge in [0.1, 0.15) is 0 Å². The van der Waals surface area contributed by atoms with Gasteiger partial charge in [0.05, 0.1) is 0 Å². The van der Waals surface area contributed by atoms with Crippen LogP contribution in [-0.2, 0) is 11.3 Å². The second-order valence-electron chi connectivity index (χ2n) is 4.75. The summed E-state index contributed by atoms with van der Waals surface area (Å²) in [7, 11) is 0. The van der Waals surface area contributed by atoms with Gasteiger partial charge < -0.3 is 10.6 Å². The number of carbonyl (C=O) groups is 1. The predicted octanol–water partition coefficient (Wildman–Crippen LogP) is 4.33. The largest absolute Gasteiger partial charge is 0.381 e. The molecule has 0 heterocycles. The number of rotatable bonds is 4. The highest BCUT2D eigenvalue weighted by atomic mass is 79.9. The molecule has 0 atom stereocenters. The van der Waals surface area contributed by atoms with Crippen LogP contribution in [0.4, 0.5) is 11.4 Å². The Morgan fingerprint density at radius 2 is 1.80 bits per heavy atom. The van der Waals surface area contributed by atoms with Crippen LogP contribution in [0.25, 0.3) is 0 Å². The van der Waals surface area contributed by atoms with Gasteiger partial charge in [0.2, 0.25) is 5.91 Å². The van der Waals surface area contributed by atoms with Crippen LogP contribution in [0.15, 0.2) is 46.9 Å². The maximum Gasteiger partial charge on any atom is 0.221 e. The number of aryl methyl sites for hydroxylation is 1. The van der Waals surface area contributed by atoms with Crippen molar-refractivity contribution < 1.29 is 4.79 Å². The van der Waals surface area contributed by atoms with Gasteiger partial charge in [0.15, 0.2) is 0 Å². The van der Waals surface area contributed by atoms with Crippen LogP contribution >= 0.6 is 15.9 Å². The molecule has 0 fully saturated rings. The number of nitrogens with one attached hydrogen (secondary N) is 2. The van der Waals surface area contributed by atoms with E-state index in [2.05, 4.69) is 51.7 Å². The Hall–Kier alpha value is -1.81. The number of amides is 1. The van der Waals surface area contributed by atoms with Crippen molar-refractivity contribution in [3.63, 3.8) is 0 Å². The summed E-state index contributed by atoms with van der Waals surface area (Å²) < 4.78 is 1.07. The van der Waals surface area contributed by atoms with E-state index in [0.717, 1.165) is 28.0 Å². The number of hydrogen-bond donors (Lipinski definition) is 2. The van der Waals surface area contributed by atoms with Crippen LogP contribution in [0.1, 0.15) is 18.1 Å². The van der Waals surface area contributed by atoms with E-state index in [4.69, 9.17) is 0 Å². The summed E-state index contributed by atoms with van der Waals surface area (Å²) in [6, 6.07) is 14.1. The van der Waals surface area contributed by atoms with Gasteiger partial charge >= 0.3 is 0 Å². The summed E-state index contributed by atoms with van der Waals surface area (Å²) in [5.74, 6) is -0.0551. The smallest absolute Gasteiger partial charge is 0.221 e. The summed E-state index contributed by atoms with van der Waals surface area (Å²) in [4.78, 5) is 10.9. The predicted molar refractivity (Wildman–Crippen MR) is 87.0 cm³/mol. The fourth-order valence-corrected chi connectivity index (χ4v) is 2.56. The van der Waals surface area contributed by atoms with Gasteiger partial charge in [-0.15, -0.1) is 0 Å². The first-order valence-corrected chi connectivity index (χ1v) is 7.20. The normalized spacial score (nSPS) is 10.2. The van der Waals surface area contributed by atoms with E-state index < -0.39 is 0 Å². The molecule has 0 unspecified atom stereocenters. The van der Waals surface area contributed by atoms with Gasteiger partial charge in [-0.3, -0.25) is 4.79 Å². The lowest BCUT2D eigenvalue weighted by molar-refractivity contribution is -0.114. The van der Waals surface area contributed by atoms with Crippen molar-refractivity contribution in [3.8, 4) is 0 Å².